The first-order chi connectivity index (χ1) is 15.0. The number of nitrogens with zero attached hydrogens (tertiary/aromatic N) is 2. The number of aromatic nitrogens is 2. The van der Waals surface area contributed by atoms with Gasteiger partial charge in [-0.1, -0.05) is 53.2 Å². The number of thioether (sulfide) groups is 1. The zero-order chi connectivity index (χ0) is 22.2. The molecule has 1 heterocycles. The van der Waals surface area contributed by atoms with Crippen LogP contribution in [0.1, 0.15) is 12.0 Å². The molecule has 0 aliphatic rings. The highest BCUT2D eigenvalue weighted by Gasteiger charge is 2.14. The fourth-order valence-electron chi connectivity index (χ4n) is 3.04. The van der Waals surface area contributed by atoms with Crippen molar-refractivity contribution in [2.75, 3.05) is 26.0 Å². The molecule has 0 unspecified atom stereocenters. The summed E-state index contributed by atoms with van der Waals surface area (Å²) in [7, 11) is 1.62. The maximum absolute atomic E-state index is 13.1. The molecule has 0 saturated carbocycles. The Kier molecular flexibility index (Phi) is 8.78. The van der Waals surface area contributed by atoms with Gasteiger partial charge in [0.2, 0.25) is 5.91 Å². The van der Waals surface area contributed by atoms with E-state index in [-0.39, 0.29) is 17.2 Å². The van der Waals surface area contributed by atoms with Gasteiger partial charge in [0.1, 0.15) is 0 Å². The predicted molar refractivity (Wildman–Crippen MR) is 126 cm³/mol. The molecule has 1 aromatic heterocycles. The van der Waals surface area contributed by atoms with Crippen LogP contribution in [0.4, 0.5) is 0 Å². The van der Waals surface area contributed by atoms with Crippen LogP contribution in [0.5, 0.6) is 0 Å². The fraction of sp³-hybridized carbons (Fsp3) is 0.318. The van der Waals surface area contributed by atoms with Gasteiger partial charge in [-0.25, -0.2) is 4.98 Å². The van der Waals surface area contributed by atoms with E-state index in [1.807, 2.05) is 18.2 Å². The molecule has 0 spiro atoms. The van der Waals surface area contributed by atoms with Crippen molar-refractivity contribution in [3.8, 4) is 0 Å². The Balaban J connectivity index is 1.80. The normalized spacial score (nSPS) is 11.1. The van der Waals surface area contributed by atoms with Gasteiger partial charge in [-0.3, -0.25) is 14.2 Å². The van der Waals surface area contributed by atoms with Crippen LogP contribution in [-0.2, 0) is 22.5 Å². The third-order valence-electron chi connectivity index (χ3n) is 4.63. The standard InChI is InChI=1S/C22H23Cl2N3O3S/c1-30-12-4-10-25-20(28)14-31-22-26-19-6-3-2-5-17(19)21(29)27(22)11-9-15-7-8-16(23)13-18(15)24/h2-3,5-8,13H,4,9-12,14H2,1H3,(H,25,28). The van der Waals surface area contributed by atoms with Crippen LogP contribution >= 0.6 is 35.0 Å². The van der Waals surface area contributed by atoms with Gasteiger partial charge >= 0.3 is 0 Å². The SMILES string of the molecule is COCCCNC(=O)CSc1nc2ccccc2c(=O)n1CCc1ccc(Cl)cc1Cl. The van der Waals surface area contributed by atoms with E-state index >= 15 is 0 Å². The smallest absolute Gasteiger partial charge is 0.262 e. The Morgan fingerprint density at radius 2 is 2.03 bits per heavy atom. The van der Waals surface area contributed by atoms with Crippen molar-refractivity contribution in [2.24, 2.45) is 0 Å². The minimum absolute atomic E-state index is 0.115. The Morgan fingerprint density at radius 3 is 2.81 bits per heavy atom. The van der Waals surface area contributed by atoms with Crippen molar-refractivity contribution in [3.05, 3.63) is 68.4 Å². The van der Waals surface area contributed by atoms with E-state index in [2.05, 4.69) is 10.3 Å². The van der Waals surface area contributed by atoms with Crippen LogP contribution in [-0.4, -0.2) is 41.5 Å². The summed E-state index contributed by atoms with van der Waals surface area (Å²) in [6.07, 6.45) is 1.28. The number of para-hydroxylation sites is 1. The summed E-state index contributed by atoms with van der Waals surface area (Å²) in [6, 6.07) is 12.5. The molecule has 0 saturated heterocycles. The summed E-state index contributed by atoms with van der Waals surface area (Å²) in [5, 5.41) is 5.00. The lowest BCUT2D eigenvalue weighted by atomic mass is 10.1. The van der Waals surface area contributed by atoms with Gasteiger partial charge in [0, 0.05) is 36.9 Å². The number of carbonyl (C=O) groups is 1. The lowest BCUT2D eigenvalue weighted by molar-refractivity contribution is -0.118. The topological polar surface area (TPSA) is 73.2 Å². The van der Waals surface area contributed by atoms with Gasteiger partial charge in [0.15, 0.2) is 5.16 Å². The zero-order valence-corrected chi connectivity index (χ0v) is 19.4. The number of ether oxygens (including phenoxy) is 1. The highest BCUT2D eigenvalue weighted by molar-refractivity contribution is 7.99. The van der Waals surface area contributed by atoms with Crippen LogP contribution in [0.2, 0.25) is 10.0 Å². The van der Waals surface area contributed by atoms with E-state index < -0.39 is 0 Å². The molecule has 31 heavy (non-hydrogen) atoms. The minimum Gasteiger partial charge on any atom is -0.385 e. The number of fused-ring (bicyclic) bond motifs is 1. The van der Waals surface area contributed by atoms with E-state index in [0.717, 1.165) is 12.0 Å². The van der Waals surface area contributed by atoms with Gasteiger partial charge in [-0.2, -0.15) is 0 Å². The number of carbonyl (C=O) groups excluding carboxylic acids is 1. The average molecular weight is 480 g/mol. The number of nitrogens with one attached hydrogen (secondary N) is 1. The third-order valence-corrected chi connectivity index (χ3v) is 6.19. The van der Waals surface area contributed by atoms with Crippen molar-refractivity contribution in [3.63, 3.8) is 0 Å². The number of hydrogen-bond acceptors (Lipinski definition) is 5. The lowest BCUT2D eigenvalue weighted by Crippen LogP contribution is -2.28. The maximum atomic E-state index is 13.1. The zero-order valence-electron chi connectivity index (χ0n) is 17.1. The number of hydrogen-bond donors (Lipinski definition) is 1. The van der Waals surface area contributed by atoms with Gasteiger partial charge in [-0.05, 0) is 42.7 Å². The molecule has 2 aromatic carbocycles. The Bertz CT molecular complexity index is 1120. The first kappa shape index (κ1) is 23.6. The molecule has 0 radical (unpaired) electrons. The highest BCUT2D eigenvalue weighted by Crippen LogP contribution is 2.23. The van der Waals surface area contributed by atoms with Crippen LogP contribution in [0, 0.1) is 0 Å². The van der Waals surface area contributed by atoms with Crippen LogP contribution in [0.15, 0.2) is 52.4 Å². The number of amides is 1. The molecule has 0 bridgehead atoms. The second kappa shape index (κ2) is 11.5. The fourth-order valence-corrected chi connectivity index (χ4v) is 4.40. The molecule has 3 rings (SSSR count). The van der Waals surface area contributed by atoms with Crippen LogP contribution < -0.4 is 10.9 Å². The second-order valence-corrected chi connectivity index (χ2v) is 8.63. The second-order valence-electron chi connectivity index (χ2n) is 6.84. The first-order valence-corrected chi connectivity index (χ1v) is 11.6. The van der Waals surface area contributed by atoms with Crippen molar-refractivity contribution in [1.29, 1.82) is 0 Å². The quantitative estimate of drug-likeness (QED) is 0.268. The van der Waals surface area contributed by atoms with Gasteiger partial charge < -0.3 is 10.1 Å². The predicted octanol–water partition coefficient (Wildman–Crippen LogP) is 4.19. The number of benzene rings is 2. The largest absolute Gasteiger partial charge is 0.385 e. The Morgan fingerprint density at radius 1 is 1.23 bits per heavy atom. The van der Waals surface area contributed by atoms with Gasteiger partial charge in [0.25, 0.3) is 5.56 Å². The summed E-state index contributed by atoms with van der Waals surface area (Å²) in [4.78, 5) is 30.0. The summed E-state index contributed by atoms with van der Waals surface area (Å²) < 4.78 is 6.59. The molecule has 0 fully saturated rings. The summed E-state index contributed by atoms with van der Waals surface area (Å²) in [5.41, 5.74) is 1.35. The Hall–Kier alpha value is -2.06. The number of aryl methyl sites for hydroxylation is 1. The molecule has 9 heteroatoms. The van der Waals surface area contributed by atoms with Gasteiger partial charge in [0.05, 0.1) is 16.7 Å². The van der Waals surface area contributed by atoms with Crippen molar-refractivity contribution >= 4 is 51.8 Å². The molecule has 164 valence electrons. The van der Waals surface area contributed by atoms with Crippen molar-refractivity contribution in [1.82, 2.24) is 14.9 Å². The molecular formula is C22H23Cl2N3O3S. The number of rotatable bonds is 10. The van der Waals surface area contributed by atoms with E-state index in [0.29, 0.717) is 52.2 Å². The molecule has 0 atom stereocenters. The maximum Gasteiger partial charge on any atom is 0.262 e. The highest BCUT2D eigenvalue weighted by atomic mass is 35.5. The molecule has 0 aliphatic carbocycles. The molecule has 1 N–H and O–H groups in total. The van der Waals surface area contributed by atoms with E-state index in [9.17, 15) is 9.59 Å². The number of methoxy groups -OCH3 is 1. The monoisotopic (exact) mass is 479 g/mol. The van der Waals surface area contributed by atoms with Crippen LogP contribution in [0.25, 0.3) is 10.9 Å². The first-order valence-electron chi connectivity index (χ1n) is 9.81. The van der Waals surface area contributed by atoms with Crippen molar-refractivity contribution in [2.45, 2.75) is 24.5 Å². The minimum atomic E-state index is -0.140. The third kappa shape index (κ3) is 6.46. The molecule has 0 aliphatic heterocycles. The molecular weight excluding hydrogens is 457 g/mol. The van der Waals surface area contributed by atoms with Crippen LogP contribution in [0.3, 0.4) is 0 Å². The van der Waals surface area contributed by atoms with Gasteiger partial charge in [-0.15, -0.1) is 0 Å². The average Bonchev–Trinajstić information content (AvgIpc) is 2.76. The number of halogens is 2. The van der Waals surface area contributed by atoms with E-state index in [1.54, 1.807) is 35.9 Å². The van der Waals surface area contributed by atoms with Crippen molar-refractivity contribution < 1.29 is 9.53 Å². The summed E-state index contributed by atoms with van der Waals surface area (Å²) in [6.45, 7) is 1.52. The molecule has 1 amide bonds. The lowest BCUT2D eigenvalue weighted by Gasteiger charge is -2.14. The molecule has 3 aromatic rings. The molecule has 6 nitrogen and oxygen atoms in total. The summed E-state index contributed by atoms with van der Waals surface area (Å²) in [5.74, 6) is 0.0511. The van der Waals surface area contributed by atoms with E-state index in [1.165, 1.54) is 11.8 Å². The van der Waals surface area contributed by atoms with E-state index in [4.69, 9.17) is 27.9 Å². The Labute approximate surface area is 194 Å². The summed E-state index contributed by atoms with van der Waals surface area (Å²) >= 11 is 13.5.